The van der Waals surface area contributed by atoms with E-state index in [4.69, 9.17) is 5.26 Å². The van der Waals surface area contributed by atoms with Crippen LogP contribution in [-0.2, 0) is 0 Å². The van der Waals surface area contributed by atoms with Gasteiger partial charge in [-0.05, 0) is 41.7 Å². The molecule has 0 radical (unpaired) electrons. The lowest BCUT2D eigenvalue weighted by Crippen LogP contribution is -2.29. The van der Waals surface area contributed by atoms with Gasteiger partial charge in [-0.25, -0.2) is 8.78 Å². The van der Waals surface area contributed by atoms with Crippen molar-refractivity contribution < 1.29 is 8.78 Å². The van der Waals surface area contributed by atoms with Crippen molar-refractivity contribution in [3.8, 4) is 6.07 Å². The van der Waals surface area contributed by atoms with Crippen LogP contribution < -0.4 is 5.32 Å². The first kappa shape index (κ1) is 14.0. The zero-order chi connectivity index (χ0) is 16.0. The van der Waals surface area contributed by atoms with Gasteiger partial charge in [0.1, 0.15) is 11.6 Å². The molecule has 0 fully saturated rings. The van der Waals surface area contributed by atoms with Crippen molar-refractivity contribution in [1.29, 1.82) is 5.26 Å². The smallest absolute Gasteiger partial charge is 0.149 e. The standard InChI is InChI=1S/C19H14F2N2/c20-13-8-16-14-2-1-3-15(14)18(23-19(16)17(21)9-13)12-6-4-11(10-22)5-7-12/h1-2,4-9,14-15,18,23H,3H2/t14-,15+,18+/m1/s1. The Morgan fingerprint density at radius 1 is 1.13 bits per heavy atom. The Balaban J connectivity index is 1.79. The molecule has 1 aliphatic heterocycles. The second-order valence-corrected chi connectivity index (χ2v) is 6.06. The summed E-state index contributed by atoms with van der Waals surface area (Å²) in [6.07, 6.45) is 4.98. The van der Waals surface area contributed by atoms with Gasteiger partial charge in [0, 0.05) is 12.0 Å². The number of nitriles is 1. The average Bonchev–Trinajstić information content (AvgIpc) is 3.04. The number of rotatable bonds is 1. The highest BCUT2D eigenvalue weighted by Crippen LogP contribution is 2.50. The average molecular weight is 308 g/mol. The predicted molar refractivity (Wildman–Crippen MR) is 83.9 cm³/mol. The Morgan fingerprint density at radius 2 is 1.91 bits per heavy atom. The highest BCUT2D eigenvalue weighted by molar-refractivity contribution is 5.60. The van der Waals surface area contributed by atoms with Crippen LogP contribution in [0.25, 0.3) is 0 Å². The molecule has 2 aromatic carbocycles. The van der Waals surface area contributed by atoms with Gasteiger partial charge in [0.2, 0.25) is 0 Å². The number of hydrogen-bond donors (Lipinski definition) is 1. The van der Waals surface area contributed by atoms with Crippen LogP contribution in [0.3, 0.4) is 0 Å². The molecule has 0 bridgehead atoms. The molecule has 23 heavy (non-hydrogen) atoms. The Bertz CT molecular complexity index is 834. The number of anilines is 1. The van der Waals surface area contributed by atoms with E-state index in [9.17, 15) is 8.78 Å². The number of hydrogen-bond acceptors (Lipinski definition) is 2. The molecule has 2 nitrogen and oxygen atoms in total. The van der Waals surface area contributed by atoms with Crippen LogP contribution >= 0.6 is 0 Å². The van der Waals surface area contributed by atoms with Gasteiger partial charge < -0.3 is 5.32 Å². The number of allylic oxidation sites excluding steroid dienone is 2. The molecular formula is C19H14F2N2. The fourth-order valence-electron chi connectivity index (χ4n) is 3.72. The summed E-state index contributed by atoms with van der Waals surface area (Å²) < 4.78 is 27.8. The largest absolute Gasteiger partial charge is 0.375 e. The van der Waals surface area contributed by atoms with Crippen molar-refractivity contribution >= 4 is 5.69 Å². The summed E-state index contributed by atoms with van der Waals surface area (Å²) in [5.41, 5.74) is 2.68. The lowest BCUT2D eigenvalue weighted by atomic mass is 9.77. The molecule has 0 aromatic heterocycles. The third-order valence-electron chi connectivity index (χ3n) is 4.78. The number of nitrogens with zero attached hydrogens (tertiary/aromatic N) is 1. The Morgan fingerprint density at radius 3 is 2.65 bits per heavy atom. The second kappa shape index (κ2) is 5.20. The highest BCUT2D eigenvalue weighted by atomic mass is 19.1. The Kier molecular flexibility index (Phi) is 3.16. The van der Waals surface area contributed by atoms with E-state index in [0.717, 1.165) is 18.1 Å². The van der Waals surface area contributed by atoms with E-state index in [1.54, 1.807) is 12.1 Å². The van der Waals surface area contributed by atoms with Crippen LogP contribution in [0.4, 0.5) is 14.5 Å². The topological polar surface area (TPSA) is 35.8 Å². The molecule has 4 heteroatoms. The molecule has 1 N–H and O–H groups in total. The fourth-order valence-corrected chi connectivity index (χ4v) is 3.72. The third kappa shape index (κ3) is 2.20. The third-order valence-corrected chi connectivity index (χ3v) is 4.78. The maximum atomic E-state index is 14.2. The van der Waals surface area contributed by atoms with Gasteiger partial charge in [-0.2, -0.15) is 5.26 Å². The van der Waals surface area contributed by atoms with Crippen LogP contribution in [0.15, 0.2) is 48.6 Å². The molecular weight excluding hydrogens is 294 g/mol. The lowest BCUT2D eigenvalue weighted by Gasteiger charge is -2.37. The maximum absolute atomic E-state index is 14.2. The normalized spacial score (nSPS) is 24.5. The van der Waals surface area contributed by atoms with Crippen LogP contribution in [0.5, 0.6) is 0 Å². The first-order chi connectivity index (χ1) is 11.2. The molecule has 2 aromatic rings. The van der Waals surface area contributed by atoms with Crippen molar-refractivity contribution in [2.24, 2.45) is 5.92 Å². The van der Waals surface area contributed by atoms with Gasteiger partial charge >= 0.3 is 0 Å². The number of fused-ring (bicyclic) bond motifs is 3. The second-order valence-electron chi connectivity index (χ2n) is 6.06. The molecule has 3 atom stereocenters. The van der Waals surface area contributed by atoms with E-state index < -0.39 is 11.6 Å². The summed E-state index contributed by atoms with van der Waals surface area (Å²) in [7, 11) is 0. The summed E-state index contributed by atoms with van der Waals surface area (Å²) in [6, 6.07) is 11.7. The molecule has 0 unspecified atom stereocenters. The molecule has 2 aliphatic rings. The van der Waals surface area contributed by atoms with Gasteiger partial charge in [-0.15, -0.1) is 0 Å². The summed E-state index contributed by atoms with van der Waals surface area (Å²) in [6.45, 7) is 0. The van der Waals surface area contributed by atoms with E-state index in [0.29, 0.717) is 16.8 Å². The zero-order valence-electron chi connectivity index (χ0n) is 12.3. The Labute approximate surface area is 133 Å². The summed E-state index contributed by atoms with van der Waals surface area (Å²) in [5.74, 6) is -0.870. The maximum Gasteiger partial charge on any atom is 0.149 e. The van der Waals surface area contributed by atoms with Crippen molar-refractivity contribution in [3.63, 3.8) is 0 Å². The molecule has 1 heterocycles. The lowest BCUT2D eigenvalue weighted by molar-refractivity contribution is 0.418. The fraction of sp³-hybridized carbons (Fsp3) is 0.211. The van der Waals surface area contributed by atoms with Crippen molar-refractivity contribution in [3.05, 3.63) is 76.9 Å². The predicted octanol–water partition coefficient (Wildman–Crippen LogP) is 4.66. The number of nitrogens with one attached hydrogen (secondary N) is 1. The first-order valence-corrected chi connectivity index (χ1v) is 7.59. The summed E-state index contributed by atoms with van der Waals surface area (Å²) in [4.78, 5) is 0. The van der Waals surface area contributed by atoms with Gasteiger partial charge in [0.25, 0.3) is 0 Å². The molecule has 1 aliphatic carbocycles. The number of halogens is 2. The van der Waals surface area contributed by atoms with Gasteiger partial charge in [0.05, 0.1) is 23.4 Å². The first-order valence-electron chi connectivity index (χ1n) is 7.59. The van der Waals surface area contributed by atoms with Crippen LogP contribution in [0.1, 0.15) is 35.1 Å². The molecule has 0 saturated carbocycles. The molecule has 4 rings (SSSR count). The van der Waals surface area contributed by atoms with Crippen molar-refractivity contribution in [1.82, 2.24) is 0 Å². The minimum atomic E-state index is -0.558. The van der Waals surface area contributed by atoms with Gasteiger partial charge in [-0.3, -0.25) is 0 Å². The molecule has 0 saturated heterocycles. The zero-order valence-corrected chi connectivity index (χ0v) is 12.3. The van der Waals surface area contributed by atoms with Crippen molar-refractivity contribution in [2.75, 3.05) is 5.32 Å². The van der Waals surface area contributed by atoms with E-state index in [-0.39, 0.29) is 17.9 Å². The van der Waals surface area contributed by atoms with E-state index in [2.05, 4.69) is 17.5 Å². The monoisotopic (exact) mass is 308 g/mol. The van der Waals surface area contributed by atoms with Crippen LogP contribution in [0, 0.1) is 28.9 Å². The summed E-state index contributed by atoms with van der Waals surface area (Å²) in [5, 5.41) is 12.2. The minimum absolute atomic E-state index is 0.0112. The van der Waals surface area contributed by atoms with Crippen molar-refractivity contribution in [2.45, 2.75) is 18.4 Å². The van der Waals surface area contributed by atoms with E-state index in [1.807, 2.05) is 18.2 Å². The summed E-state index contributed by atoms with van der Waals surface area (Å²) >= 11 is 0. The van der Waals surface area contributed by atoms with Gasteiger partial charge in [0.15, 0.2) is 0 Å². The van der Waals surface area contributed by atoms with E-state index in [1.165, 1.54) is 6.07 Å². The molecule has 114 valence electrons. The van der Waals surface area contributed by atoms with Crippen LogP contribution in [-0.4, -0.2) is 0 Å². The molecule has 0 spiro atoms. The number of benzene rings is 2. The van der Waals surface area contributed by atoms with Crippen LogP contribution in [0.2, 0.25) is 0 Å². The Hall–Kier alpha value is -2.67. The highest BCUT2D eigenvalue weighted by Gasteiger charge is 2.39. The van der Waals surface area contributed by atoms with Gasteiger partial charge in [-0.1, -0.05) is 24.3 Å². The van der Waals surface area contributed by atoms with E-state index >= 15 is 0 Å². The minimum Gasteiger partial charge on any atom is -0.375 e. The quantitative estimate of drug-likeness (QED) is 0.778. The SMILES string of the molecule is N#Cc1ccc([C@@H]2Nc3c(F)cc(F)cc3[C@@H]3C=CC[C@@H]32)cc1. The molecule has 0 amide bonds.